The van der Waals surface area contributed by atoms with Gasteiger partial charge >= 0.3 is 0 Å². The van der Waals surface area contributed by atoms with Crippen LogP contribution in [0.25, 0.3) is 0 Å². The molecule has 1 aromatic carbocycles. The molecule has 1 saturated heterocycles. The van der Waals surface area contributed by atoms with Crippen molar-refractivity contribution in [3.8, 4) is 0 Å². The predicted molar refractivity (Wildman–Crippen MR) is 71.5 cm³/mol. The maximum atomic E-state index is 13.2. The van der Waals surface area contributed by atoms with E-state index in [0.717, 1.165) is 12.1 Å². The van der Waals surface area contributed by atoms with Crippen LogP contribution >= 0.6 is 0 Å². The van der Waals surface area contributed by atoms with Gasteiger partial charge < -0.3 is 15.4 Å². The Balaban J connectivity index is 1.68. The molecule has 0 radical (unpaired) electrons. The van der Waals surface area contributed by atoms with Crippen molar-refractivity contribution in [1.29, 1.82) is 0 Å². The molecule has 7 heteroatoms. The summed E-state index contributed by atoms with van der Waals surface area (Å²) < 4.78 is 44.6. The Morgan fingerprint density at radius 1 is 1.19 bits per heavy atom. The molecule has 2 N–H and O–H groups in total. The largest absolute Gasteiger partial charge is 0.378 e. The third-order valence-corrected chi connectivity index (χ3v) is 3.82. The number of rotatable bonds is 2. The summed E-state index contributed by atoms with van der Waals surface area (Å²) in [5, 5.41) is 0. The Morgan fingerprint density at radius 3 is 2.43 bits per heavy atom. The molecule has 1 aromatic rings. The number of hydrogen-bond acceptors (Lipinski definition) is 2. The number of ether oxygens (including phenoxy) is 1. The molecule has 0 amide bonds. The van der Waals surface area contributed by atoms with E-state index in [4.69, 9.17) is 10.5 Å². The summed E-state index contributed by atoms with van der Waals surface area (Å²) in [6.07, 6.45) is 0.662. The van der Waals surface area contributed by atoms with Gasteiger partial charge in [-0.1, -0.05) is 0 Å². The van der Waals surface area contributed by atoms with Crippen LogP contribution in [0.5, 0.6) is 0 Å². The summed E-state index contributed by atoms with van der Waals surface area (Å²) in [7, 11) is 0. The molecule has 0 spiro atoms. The number of morpholine rings is 1. The Kier molecular flexibility index (Phi) is 3.75. The second-order valence-corrected chi connectivity index (χ2v) is 5.29. The SMILES string of the molecule is NC(=N[C@@H]1C[C@H]1c1cc(F)c(F)c(F)c1)N1CCOCC1. The third kappa shape index (κ3) is 2.97. The summed E-state index contributed by atoms with van der Waals surface area (Å²) in [6, 6.07) is 1.96. The fraction of sp³-hybridized carbons (Fsp3) is 0.500. The fourth-order valence-electron chi connectivity index (χ4n) is 2.52. The van der Waals surface area contributed by atoms with Crippen molar-refractivity contribution in [3.63, 3.8) is 0 Å². The number of nitrogens with two attached hydrogens (primary N) is 1. The molecule has 1 aliphatic carbocycles. The summed E-state index contributed by atoms with van der Waals surface area (Å²) in [4.78, 5) is 6.30. The smallest absolute Gasteiger partial charge is 0.194 e. The highest BCUT2D eigenvalue weighted by atomic mass is 19.2. The Hall–Kier alpha value is -1.76. The van der Waals surface area contributed by atoms with Crippen LogP contribution in [0.15, 0.2) is 17.1 Å². The molecule has 0 unspecified atom stereocenters. The number of guanidine groups is 1. The molecule has 2 fully saturated rings. The molecular formula is C14H16F3N3O. The van der Waals surface area contributed by atoms with Crippen molar-refractivity contribution in [2.24, 2.45) is 10.7 Å². The maximum Gasteiger partial charge on any atom is 0.194 e. The Labute approximate surface area is 120 Å². The standard InChI is InChI=1S/C14H16F3N3O/c15-10-5-8(6-11(16)13(10)17)9-7-12(9)19-14(18)20-1-3-21-4-2-20/h5-6,9,12H,1-4,7H2,(H2,18,19)/t9-,12+/m0/s1. The first-order chi connectivity index (χ1) is 10.1. The van der Waals surface area contributed by atoms with E-state index in [0.29, 0.717) is 44.2 Å². The summed E-state index contributed by atoms with van der Waals surface area (Å²) in [5.74, 6) is -3.45. The lowest BCUT2D eigenvalue weighted by Crippen LogP contribution is -2.45. The highest BCUT2D eigenvalue weighted by Crippen LogP contribution is 2.44. The molecule has 3 rings (SSSR count). The molecular weight excluding hydrogens is 283 g/mol. The van der Waals surface area contributed by atoms with E-state index in [9.17, 15) is 13.2 Å². The monoisotopic (exact) mass is 299 g/mol. The minimum Gasteiger partial charge on any atom is -0.378 e. The lowest BCUT2D eigenvalue weighted by molar-refractivity contribution is 0.0674. The third-order valence-electron chi connectivity index (χ3n) is 3.82. The summed E-state index contributed by atoms with van der Waals surface area (Å²) >= 11 is 0. The minimum atomic E-state index is -1.44. The lowest BCUT2D eigenvalue weighted by Gasteiger charge is -2.27. The number of aliphatic imine (C=N–C) groups is 1. The van der Waals surface area contributed by atoms with Crippen LogP contribution in [0.1, 0.15) is 17.9 Å². The average Bonchev–Trinajstić information content (AvgIpc) is 3.24. The maximum absolute atomic E-state index is 13.2. The van der Waals surface area contributed by atoms with Crippen molar-refractivity contribution in [2.45, 2.75) is 18.4 Å². The van der Waals surface area contributed by atoms with E-state index in [2.05, 4.69) is 4.99 Å². The van der Waals surface area contributed by atoms with Crippen LogP contribution in [-0.4, -0.2) is 43.2 Å². The van der Waals surface area contributed by atoms with Gasteiger partial charge in [0.25, 0.3) is 0 Å². The molecule has 1 heterocycles. The highest BCUT2D eigenvalue weighted by molar-refractivity contribution is 5.78. The normalized spacial score (nSPS) is 26.0. The average molecular weight is 299 g/mol. The van der Waals surface area contributed by atoms with Gasteiger partial charge in [-0.15, -0.1) is 0 Å². The van der Waals surface area contributed by atoms with Crippen molar-refractivity contribution < 1.29 is 17.9 Å². The van der Waals surface area contributed by atoms with Gasteiger partial charge in [-0.3, -0.25) is 0 Å². The van der Waals surface area contributed by atoms with Gasteiger partial charge in [0.2, 0.25) is 0 Å². The second kappa shape index (κ2) is 5.55. The fourth-order valence-corrected chi connectivity index (χ4v) is 2.52. The van der Waals surface area contributed by atoms with Crippen molar-refractivity contribution in [3.05, 3.63) is 35.1 Å². The second-order valence-electron chi connectivity index (χ2n) is 5.29. The van der Waals surface area contributed by atoms with Gasteiger partial charge in [0.1, 0.15) is 0 Å². The van der Waals surface area contributed by atoms with E-state index in [1.807, 2.05) is 4.90 Å². The van der Waals surface area contributed by atoms with Gasteiger partial charge in [-0.05, 0) is 24.1 Å². The van der Waals surface area contributed by atoms with Crippen molar-refractivity contribution in [1.82, 2.24) is 4.90 Å². The highest BCUT2D eigenvalue weighted by Gasteiger charge is 2.40. The molecule has 1 aliphatic heterocycles. The van der Waals surface area contributed by atoms with Crippen LogP contribution in [-0.2, 0) is 4.74 Å². The topological polar surface area (TPSA) is 50.8 Å². The van der Waals surface area contributed by atoms with Crippen LogP contribution in [0.3, 0.4) is 0 Å². The minimum absolute atomic E-state index is 0.0999. The van der Waals surface area contributed by atoms with E-state index in [1.165, 1.54) is 0 Å². The molecule has 114 valence electrons. The van der Waals surface area contributed by atoms with Crippen molar-refractivity contribution in [2.75, 3.05) is 26.3 Å². The van der Waals surface area contributed by atoms with Gasteiger partial charge in [0, 0.05) is 19.0 Å². The summed E-state index contributed by atoms with van der Waals surface area (Å²) in [5.41, 5.74) is 6.35. The van der Waals surface area contributed by atoms with E-state index in [1.54, 1.807) is 0 Å². The van der Waals surface area contributed by atoms with Crippen LogP contribution in [0.4, 0.5) is 13.2 Å². The molecule has 21 heavy (non-hydrogen) atoms. The zero-order valence-electron chi connectivity index (χ0n) is 11.4. The van der Waals surface area contributed by atoms with E-state index >= 15 is 0 Å². The predicted octanol–water partition coefficient (Wildman–Crippen LogP) is 1.61. The zero-order chi connectivity index (χ0) is 15.0. The Bertz CT molecular complexity index is 550. The molecule has 2 aliphatic rings. The first kappa shape index (κ1) is 14.2. The molecule has 0 bridgehead atoms. The van der Waals surface area contributed by atoms with Crippen LogP contribution < -0.4 is 5.73 Å². The van der Waals surface area contributed by atoms with E-state index in [-0.39, 0.29) is 12.0 Å². The van der Waals surface area contributed by atoms with Gasteiger partial charge in [0.15, 0.2) is 23.4 Å². The quantitative estimate of drug-likeness (QED) is 0.513. The first-order valence-electron chi connectivity index (χ1n) is 6.86. The van der Waals surface area contributed by atoms with Gasteiger partial charge in [-0.25, -0.2) is 18.2 Å². The number of nitrogens with zero attached hydrogens (tertiary/aromatic N) is 2. The van der Waals surface area contributed by atoms with Crippen LogP contribution in [0, 0.1) is 17.5 Å². The van der Waals surface area contributed by atoms with Gasteiger partial charge in [-0.2, -0.15) is 0 Å². The van der Waals surface area contributed by atoms with Gasteiger partial charge in [0.05, 0.1) is 19.3 Å². The molecule has 2 atom stereocenters. The first-order valence-corrected chi connectivity index (χ1v) is 6.86. The van der Waals surface area contributed by atoms with Crippen LogP contribution in [0.2, 0.25) is 0 Å². The lowest BCUT2D eigenvalue weighted by atomic mass is 10.1. The molecule has 0 aromatic heterocycles. The van der Waals surface area contributed by atoms with Crippen molar-refractivity contribution >= 4 is 5.96 Å². The molecule has 4 nitrogen and oxygen atoms in total. The Morgan fingerprint density at radius 2 is 1.81 bits per heavy atom. The number of hydrogen-bond donors (Lipinski definition) is 1. The number of benzene rings is 1. The summed E-state index contributed by atoms with van der Waals surface area (Å²) in [6.45, 7) is 2.59. The zero-order valence-corrected chi connectivity index (χ0v) is 11.4. The number of halogens is 3. The molecule has 1 saturated carbocycles. The van der Waals surface area contributed by atoms with E-state index < -0.39 is 17.5 Å².